The van der Waals surface area contributed by atoms with Gasteiger partial charge in [-0.1, -0.05) is 42.5 Å². The molecule has 0 radical (unpaired) electrons. The molecule has 1 amide bonds. The molecule has 146 valence electrons. The number of hydrogen-bond acceptors (Lipinski definition) is 3. The summed E-state index contributed by atoms with van der Waals surface area (Å²) in [6.45, 7) is 4.91. The predicted molar refractivity (Wildman–Crippen MR) is 115 cm³/mol. The molecule has 0 N–H and O–H groups in total. The lowest BCUT2D eigenvalue weighted by Crippen LogP contribution is -2.36. The van der Waals surface area contributed by atoms with Crippen LogP contribution in [0.2, 0.25) is 0 Å². The van der Waals surface area contributed by atoms with Crippen molar-refractivity contribution in [2.45, 2.75) is 13.0 Å². The van der Waals surface area contributed by atoms with Crippen LogP contribution in [0.5, 0.6) is 0 Å². The highest BCUT2D eigenvalue weighted by Gasteiger charge is 2.49. The highest BCUT2D eigenvalue weighted by atomic mass is 16.2. The van der Waals surface area contributed by atoms with Crippen molar-refractivity contribution in [2.75, 3.05) is 24.5 Å². The first-order valence-electron chi connectivity index (χ1n) is 10.3. The lowest BCUT2D eigenvalue weighted by atomic mass is 9.87. The van der Waals surface area contributed by atoms with E-state index in [9.17, 15) is 4.79 Å². The van der Waals surface area contributed by atoms with Crippen molar-refractivity contribution in [1.29, 1.82) is 0 Å². The maximum Gasteiger partial charge on any atom is 0.254 e. The Hall–Kier alpha value is -3.14. The van der Waals surface area contributed by atoms with Gasteiger partial charge in [0.25, 0.3) is 5.91 Å². The van der Waals surface area contributed by atoms with Crippen LogP contribution < -0.4 is 4.90 Å². The van der Waals surface area contributed by atoms with Gasteiger partial charge in [0.15, 0.2) is 0 Å². The fraction of sp³-hybridized carbons (Fsp3) is 0.280. The van der Waals surface area contributed by atoms with Gasteiger partial charge in [0, 0.05) is 55.1 Å². The molecule has 0 saturated carbocycles. The van der Waals surface area contributed by atoms with E-state index in [1.165, 1.54) is 16.8 Å². The van der Waals surface area contributed by atoms with E-state index in [1.54, 1.807) is 0 Å². The summed E-state index contributed by atoms with van der Waals surface area (Å²) in [4.78, 5) is 22.2. The van der Waals surface area contributed by atoms with Crippen molar-refractivity contribution in [3.8, 4) is 0 Å². The summed E-state index contributed by atoms with van der Waals surface area (Å²) in [6.07, 6.45) is 3.71. The lowest BCUT2D eigenvalue weighted by molar-refractivity contribution is 0.0715. The van der Waals surface area contributed by atoms with Gasteiger partial charge in [-0.25, -0.2) is 0 Å². The molecular weight excluding hydrogens is 358 g/mol. The number of anilines is 1. The SMILES string of the molecule is Cc1ccccc1[C@@H]1[C@H]2CN(c3ccncc3)C[C@H]2CN1C(=O)c1ccccc1. The Kier molecular flexibility index (Phi) is 4.55. The zero-order valence-corrected chi connectivity index (χ0v) is 16.6. The topological polar surface area (TPSA) is 36.4 Å². The van der Waals surface area contributed by atoms with Crippen molar-refractivity contribution < 1.29 is 4.79 Å². The van der Waals surface area contributed by atoms with E-state index >= 15 is 0 Å². The summed E-state index contributed by atoms with van der Waals surface area (Å²) in [7, 11) is 0. The van der Waals surface area contributed by atoms with Crippen LogP contribution in [-0.4, -0.2) is 35.4 Å². The third-order valence-corrected chi connectivity index (χ3v) is 6.48. The van der Waals surface area contributed by atoms with Gasteiger partial charge in [0.05, 0.1) is 6.04 Å². The fourth-order valence-corrected chi connectivity index (χ4v) is 5.08. The Balaban J connectivity index is 1.50. The molecule has 0 unspecified atom stereocenters. The summed E-state index contributed by atoms with van der Waals surface area (Å²) in [5, 5.41) is 0. The van der Waals surface area contributed by atoms with E-state index in [-0.39, 0.29) is 11.9 Å². The third kappa shape index (κ3) is 3.19. The number of pyridine rings is 1. The van der Waals surface area contributed by atoms with Gasteiger partial charge in [0.1, 0.15) is 0 Å². The number of likely N-dealkylation sites (tertiary alicyclic amines) is 1. The van der Waals surface area contributed by atoms with Crippen molar-refractivity contribution in [3.63, 3.8) is 0 Å². The summed E-state index contributed by atoms with van der Waals surface area (Å²) < 4.78 is 0. The monoisotopic (exact) mass is 383 g/mol. The van der Waals surface area contributed by atoms with Gasteiger partial charge >= 0.3 is 0 Å². The van der Waals surface area contributed by atoms with Crippen molar-refractivity contribution in [1.82, 2.24) is 9.88 Å². The van der Waals surface area contributed by atoms with E-state index in [2.05, 4.69) is 58.1 Å². The molecular formula is C25H25N3O. The first kappa shape index (κ1) is 17.9. The Labute approximate surface area is 171 Å². The Morgan fingerprint density at radius 3 is 2.38 bits per heavy atom. The van der Waals surface area contributed by atoms with Gasteiger partial charge in [-0.15, -0.1) is 0 Å². The second-order valence-corrected chi connectivity index (χ2v) is 8.16. The van der Waals surface area contributed by atoms with E-state index in [0.29, 0.717) is 11.8 Å². The minimum absolute atomic E-state index is 0.112. The molecule has 2 fully saturated rings. The zero-order chi connectivity index (χ0) is 19.8. The van der Waals surface area contributed by atoms with Crippen LogP contribution in [0.3, 0.4) is 0 Å². The molecule has 2 aliphatic heterocycles. The smallest absolute Gasteiger partial charge is 0.254 e. The second-order valence-electron chi connectivity index (χ2n) is 8.16. The fourth-order valence-electron chi connectivity index (χ4n) is 5.08. The van der Waals surface area contributed by atoms with Crippen LogP contribution in [0, 0.1) is 18.8 Å². The number of hydrogen-bond donors (Lipinski definition) is 0. The van der Waals surface area contributed by atoms with E-state index in [4.69, 9.17) is 0 Å². The van der Waals surface area contributed by atoms with Crippen molar-refractivity contribution >= 4 is 11.6 Å². The van der Waals surface area contributed by atoms with E-state index < -0.39 is 0 Å². The number of rotatable bonds is 3. The number of benzene rings is 2. The molecule has 0 bridgehead atoms. The molecule has 1 aromatic heterocycles. The highest BCUT2D eigenvalue weighted by Crippen LogP contribution is 2.47. The molecule has 2 aliphatic rings. The first-order valence-corrected chi connectivity index (χ1v) is 10.3. The molecule has 29 heavy (non-hydrogen) atoms. The summed E-state index contributed by atoms with van der Waals surface area (Å²) in [5.41, 5.74) is 4.53. The van der Waals surface area contributed by atoms with Crippen LogP contribution in [0.4, 0.5) is 5.69 Å². The summed E-state index contributed by atoms with van der Waals surface area (Å²) in [6, 6.07) is 22.5. The first-order chi connectivity index (χ1) is 14.2. The molecule has 4 nitrogen and oxygen atoms in total. The molecule has 3 atom stereocenters. The number of carbonyl (C=O) groups excluding carboxylic acids is 1. The normalized spacial score (nSPS) is 23.3. The average Bonchev–Trinajstić information content (AvgIpc) is 3.33. The molecule has 3 aromatic rings. The van der Waals surface area contributed by atoms with Gasteiger partial charge in [-0.05, 0) is 42.3 Å². The lowest BCUT2D eigenvalue weighted by Gasteiger charge is -2.31. The molecule has 3 heterocycles. The maximum atomic E-state index is 13.4. The largest absolute Gasteiger partial charge is 0.371 e. The average molecular weight is 383 g/mol. The number of aryl methyl sites for hydroxylation is 1. The van der Waals surface area contributed by atoms with Gasteiger partial charge in [-0.3, -0.25) is 9.78 Å². The van der Waals surface area contributed by atoms with Gasteiger partial charge < -0.3 is 9.80 Å². The van der Waals surface area contributed by atoms with Crippen LogP contribution >= 0.6 is 0 Å². The van der Waals surface area contributed by atoms with Crippen LogP contribution in [0.1, 0.15) is 27.5 Å². The Bertz CT molecular complexity index is 1000. The van der Waals surface area contributed by atoms with Crippen LogP contribution in [0.15, 0.2) is 79.1 Å². The van der Waals surface area contributed by atoms with E-state index in [1.807, 2.05) is 42.7 Å². The molecule has 2 saturated heterocycles. The molecule has 2 aromatic carbocycles. The molecule has 4 heteroatoms. The highest BCUT2D eigenvalue weighted by molar-refractivity contribution is 5.94. The molecule has 5 rings (SSSR count). The minimum Gasteiger partial charge on any atom is -0.371 e. The quantitative estimate of drug-likeness (QED) is 0.675. The van der Waals surface area contributed by atoms with Crippen molar-refractivity contribution in [3.05, 3.63) is 95.8 Å². The predicted octanol–water partition coefficient (Wildman–Crippen LogP) is 4.34. The summed E-state index contributed by atoms with van der Waals surface area (Å²) >= 11 is 0. The number of fused-ring (bicyclic) bond motifs is 1. The second kappa shape index (κ2) is 7.36. The van der Waals surface area contributed by atoms with E-state index in [0.717, 1.165) is 25.2 Å². The number of carbonyl (C=O) groups is 1. The zero-order valence-electron chi connectivity index (χ0n) is 16.6. The van der Waals surface area contributed by atoms with Gasteiger partial charge in [0.2, 0.25) is 0 Å². The number of amides is 1. The van der Waals surface area contributed by atoms with Crippen LogP contribution in [-0.2, 0) is 0 Å². The minimum atomic E-state index is 0.112. The standard InChI is InChI=1S/C25H25N3O/c1-18-7-5-6-10-22(18)24-23-17-27(21-11-13-26-14-12-21)15-20(23)16-28(24)25(29)19-8-3-2-4-9-19/h2-14,20,23-24H,15-17H2,1H3/t20-,23-,24+/m0/s1. The number of aromatic nitrogens is 1. The number of nitrogens with zero attached hydrogens (tertiary/aromatic N) is 3. The molecule has 0 aliphatic carbocycles. The Morgan fingerprint density at radius 2 is 1.62 bits per heavy atom. The van der Waals surface area contributed by atoms with Crippen molar-refractivity contribution in [2.24, 2.45) is 11.8 Å². The third-order valence-electron chi connectivity index (χ3n) is 6.48. The Morgan fingerprint density at radius 1 is 0.897 bits per heavy atom. The van der Waals surface area contributed by atoms with Crippen LogP contribution in [0.25, 0.3) is 0 Å². The molecule has 0 spiro atoms. The maximum absolute atomic E-state index is 13.4. The van der Waals surface area contributed by atoms with Gasteiger partial charge in [-0.2, -0.15) is 0 Å². The summed E-state index contributed by atoms with van der Waals surface area (Å²) in [5.74, 6) is 1.04.